The number of ether oxygens (including phenoxy) is 1. The summed E-state index contributed by atoms with van der Waals surface area (Å²) in [4.78, 5) is 33.0. The number of esters is 1. The Kier molecular flexibility index (Phi) is 9.06. The highest BCUT2D eigenvalue weighted by Crippen LogP contribution is 2.30. The zero-order chi connectivity index (χ0) is 28.0. The van der Waals surface area contributed by atoms with Gasteiger partial charge in [0.15, 0.2) is 5.69 Å². The molecule has 0 bridgehead atoms. The molecule has 0 unspecified atom stereocenters. The molecule has 39 heavy (non-hydrogen) atoms. The first-order chi connectivity index (χ1) is 18.6. The number of halogens is 3. The van der Waals surface area contributed by atoms with Crippen LogP contribution in [0.2, 0.25) is 0 Å². The van der Waals surface area contributed by atoms with E-state index in [0.29, 0.717) is 50.5 Å². The maximum atomic E-state index is 13.3. The van der Waals surface area contributed by atoms with Gasteiger partial charge in [-0.2, -0.15) is 13.2 Å². The van der Waals surface area contributed by atoms with Gasteiger partial charge >= 0.3 is 12.1 Å². The molecular weight excluding hydrogens is 511 g/mol. The van der Waals surface area contributed by atoms with Gasteiger partial charge in [-0.25, -0.2) is 4.98 Å². The highest BCUT2D eigenvalue weighted by Gasteiger charge is 2.31. The maximum absolute atomic E-state index is 13.3. The summed E-state index contributed by atoms with van der Waals surface area (Å²) in [6.07, 6.45) is -2.07. The molecule has 208 valence electrons. The molecule has 2 aromatic carbocycles. The molecule has 0 radical (unpaired) electrons. The summed E-state index contributed by atoms with van der Waals surface area (Å²) in [5.74, 6) is -0.439. The van der Waals surface area contributed by atoms with Crippen LogP contribution in [0.25, 0.3) is 0 Å². The van der Waals surface area contributed by atoms with Gasteiger partial charge in [0.1, 0.15) is 6.26 Å². The fourth-order valence-corrected chi connectivity index (χ4v) is 4.75. The highest BCUT2D eigenvalue weighted by molar-refractivity contribution is 5.92. The van der Waals surface area contributed by atoms with E-state index in [9.17, 15) is 22.8 Å². The molecule has 0 N–H and O–H groups in total. The highest BCUT2D eigenvalue weighted by atomic mass is 19.4. The third-order valence-electron chi connectivity index (χ3n) is 6.68. The van der Waals surface area contributed by atoms with Crippen LogP contribution in [-0.4, -0.2) is 46.4 Å². The molecule has 0 saturated carbocycles. The first-order valence-corrected chi connectivity index (χ1v) is 13.0. The number of aryl methyl sites for hydroxylation is 1. The third-order valence-corrected chi connectivity index (χ3v) is 6.68. The fourth-order valence-electron chi connectivity index (χ4n) is 4.75. The summed E-state index contributed by atoms with van der Waals surface area (Å²) >= 11 is 0. The number of hydrogen-bond donors (Lipinski definition) is 0. The van der Waals surface area contributed by atoms with Crippen molar-refractivity contribution < 1.29 is 31.9 Å². The molecule has 1 aliphatic rings. The molecule has 3 aromatic rings. The molecular formula is C29H32F3N3O4. The molecule has 7 nitrogen and oxygen atoms in total. The van der Waals surface area contributed by atoms with Gasteiger partial charge in [-0.15, -0.1) is 0 Å². The van der Waals surface area contributed by atoms with Crippen LogP contribution < -0.4 is 0 Å². The number of benzene rings is 2. The van der Waals surface area contributed by atoms with E-state index in [1.165, 1.54) is 12.3 Å². The average Bonchev–Trinajstić information content (AvgIpc) is 3.36. The van der Waals surface area contributed by atoms with Gasteiger partial charge in [-0.3, -0.25) is 14.5 Å². The molecule has 1 saturated heterocycles. The summed E-state index contributed by atoms with van der Waals surface area (Å²) < 4.78 is 50.5. The number of aromatic nitrogens is 1. The molecule has 10 heteroatoms. The van der Waals surface area contributed by atoms with Crippen LogP contribution in [0.3, 0.4) is 0 Å². The Labute approximate surface area is 225 Å². The standard InChI is InChI=1S/C29H32F3N3O4/c1-3-38-28(37)23-10-12-35(13-11-23)27(36)25-19-39-26(33-25)18-34(16-21-7-4-6-20(2)14-21)17-22-8-5-9-24(15-22)29(30,31)32/h4-9,14-15,19,23H,3,10-13,16-18H2,1-2H3. The van der Waals surface area contributed by atoms with Crippen molar-refractivity contribution >= 4 is 11.9 Å². The monoisotopic (exact) mass is 543 g/mol. The SMILES string of the molecule is CCOC(=O)C1CCN(C(=O)c2coc(CN(Cc3cccc(C)c3)Cc3cccc(C(F)(F)F)c3)n2)CC1. The zero-order valence-electron chi connectivity index (χ0n) is 22.0. The van der Waals surface area contributed by atoms with E-state index in [-0.39, 0.29) is 36.6 Å². The average molecular weight is 544 g/mol. The van der Waals surface area contributed by atoms with Crippen molar-refractivity contribution in [1.82, 2.24) is 14.8 Å². The first kappa shape index (κ1) is 28.4. The van der Waals surface area contributed by atoms with Crippen molar-refractivity contribution in [3.63, 3.8) is 0 Å². The summed E-state index contributed by atoms with van der Waals surface area (Å²) in [6, 6.07) is 13.1. The van der Waals surface area contributed by atoms with E-state index in [1.54, 1.807) is 17.9 Å². The van der Waals surface area contributed by atoms with Crippen molar-refractivity contribution in [2.75, 3.05) is 19.7 Å². The molecule has 4 rings (SSSR count). The van der Waals surface area contributed by atoms with Crippen LogP contribution in [0.4, 0.5) is 13.2 Å². The van der Waals surface area contributed by atoms with Crippen LogP contribution in [-0.2, 0) is 35.3 Å². The number of carbonyl (C=O) groups excluding carboxylic acids is 2. The van der Waals surface area contributed by atoms with E-state index in [0.717, 1.165) is 23.3 Å². The third kappa shape index (κ3) is 7.69. The lowest BCUT2D eigenvalue weighted by Gasteiger charge is -2.30. The van der Waals surface area contributed by atoms with Crippen LogP contribution >= 0.6 is 0 Å². The zero-order valence-corrected chi connectivity index (χ0v) is 22.0. The van der Waals surface area contributed by atoms with Crippen LogP contribution in [0.5, 0.6) is 0 Å². The van der Waals surface area contributed by atoms with Gasteiger partial charge in [0, 0.05) is 26.2 Å². The topological polar surface area (TPSA) is 75.9 Å². The lowest BCUT2D eigenvalue weighted by molar-refractivity contribution is -0.149. The number of hydrogen-bond acceptors (Lipinski definition) is 6. The van der Waals surface area contributed by atoms with Crippen LogP contribution in [0, 0.1) is 12.8 Å². The number of nitrogens with zero attached hydrogens (tertiary/aromatic N) is 3. The molecule has 2 heterocycles. The minimum Gasteiger partial charge on any atom is -0.466 e. The molecule has 0 aliphatic carbocycles. The Morgan fingerprint density at radius 3 is 2.36 bits per heavy atom. The Hall–Kier alpha value is -3.66. The van der Waals surface area contributed by atoms with Crippen LogP contribution in [0.1, 0.15) is 58.4 Å². The van der Waals surface area contributed by atoms with E-state index in [4.69, 9.17) is 9.15 Å². The number of oxazole rings is 1. The van der Waals surface area contributed by atoms with Gasteiger partial charge in [-0.05, 0) is 43.9 Å². The Morgan fingerprint density at radius 1 is 1.05 bits per heavy atom. The fraction of sp³-hybridized carbons (Fsp3) is 0.414. The summed E-state index contributed by atoms with van der Waals surface area (Å²) in [5, 5.41) is 0. The van der Waals surface area contributed by atoms with Gasteiger partial charge in [0.25, 0.3) is 5.91 Å². The Morgan fingerprint density at radius 2 is 1.72 bits per heavy atom. The van der Waals surface area contributed by atoms with E-state index in [2.05, 4.69) is 4.98 Å². The summed E-state index contributed by atoms with van der Waals surface area (Å²) in [7, 11) is 0. The quantitative estimate of drug-likeness (QED) is 0.326. The lowest BCUT2D eigenvalue weighted by atomic mass is 9.97. The van der Waals surface area contributed by atoms with E-state index in [1.807, 2.05) is 36.1 Å². The molecule has 0 atom stereocenters. The number of likely N-dealkylation sites (tertiary alicyclic amines) is 1. The minimum absolute atomic E-state index is 0.161. The summed E-state index contributed by atoms with van der Waals surface area (Å²) in [6.45, 7) is 5.77. The minimum atomic E-state index is -4.43. The normalized spacial score (nSPS) is 14.6. The van der Waals surface area contributed by atoms with Crippen molar-refractivity contribution in [1.29, 1.82) is 0 Å². The van der Waals surface area contributed by atoms with Gasteiger partial charge in [0.05, 0.1) is 24.6 Å². The molecule has 0 spiro atoms. The Bertz CT molecular complexity index is 1280. The second-order valence-corrected chi connectivity index (χ2v) is 9.78. The van der Waals surface area contributed by atoms with Crippen LogP contribution in [0.15, 0.2) is 59.2 Å². The molecule has 1 amide bonds. The number of piperidine rings is 1. The van der Waals surface area contributed by atoms with Crippen molar-refractivity contribution in [3.8, 4) is 0 Å². The first-order valence-electron chi connectivity index (χ1n) is 13.0. The molecule has 1 aromatic heterocycles. The van der Waals surface area contributed by atoms with E-state index < -0.39 is 11.7 Å². The number of rotatable bonds is 9. The smallest absolute Gasteiger partial charge is 0.416 e. The van der Waals surface area contributed by atoms with Crippen molar-refractivity contribution in [2.24, 2.45) is 5.92 Å². The second kappa shape index (κ2) is 12.5. The lowest BCUT2D eigenvalue weighted by Crippen LogP contribution is -2.40. The van der Waals surface area contributed by atoms with Crippen molar-refractivity contribution in [2.45, 2.75) is 52.5 Å². The number of alkyl halides is 3. The molecule has 1 fully saturated rings. The van der Waals surface area contributed by atoms with E-state index >= 15 is 0 Å². The largest absolute Gasteiger partial charge is 0.466 e. The predicted octanol–water partition coefficient (Wildman–Crippen LogP) is 5.62. The van der Waals surface area contributed by atoms with Gasteiger partial charge in [-0.1, -0.05) is 48.0 Å². The number of carbonyl (C=O) groups is 2. The number of amides is 1. The second-order valence-electron chi connectivity index (χ2n) is 9.78. The van der Waals surface area contributed by atoms with Gasteiger partial charge < -0.3 is 14.1 Å². The maximum Gasteiger partial charge on any atom is 0.416 e. The molecule has 1 aliphatic heterocycles. The predicted molar refractivity (Wildman–Crippen MR) is 137 cm³/mol. The Balaban J connectivity index is 1.46. The van der Waals surface area contributed by atoms with Crippen molar-refractivity contribution in [3.05, 3.63) is 88.6 Å². The summed E-state index contributed by atoms with van der Waals surface area (Å²) in [5.41, 5.74) is 2.03. The van der Waals surface area contributed by atoms with Gasteiger partial charge in [0.2, 0.25) is 5.89 Å².